The molecule has 0 fully saturated rings. The van der Waals surface area contributed by atoms with Gasteiger partial charge in [0.15, 0.2) is 0 Å². The molecule has 0 spiro atoms. The molecule has 0 amide bonds. The van der Waals surface area contributed by atoms with Crippen LogP contribution < -0.4 is 5.32 Å². The molecule has 2 rings (SSSR count). The third-order valence-corrected chi connectivity index (χ3v) is 2.99. The average molecular weight is 360 g/mol. The zero-order chi connectivity index (χ0) is 15.5. The lowest BCUT2D eigenvalue weighted by molar-refractivity contribution is -0.137. The molecule has 1 heterocycles. The van der Waals surface area contributed by atoms with Crippen molar-refractivity contribution in [3.63, 3.8) is 0 Å². The van der Waals surface area contributed by atoms with Crippen LogP contribution >= 0.6 is 15.9 Å². The first kappa shape index (κ1) is 15.5. The molecule has 1 aromatic carbocycles. The standard InChI is InChI=1S/C13H9BrF3N3O/c1-2-5-18-7-11-19-12(20-21-11)9-4-3-8(14)6-10(9)13(15,16)17/h1,3-4,6,18H,5,7H2. The number of rotatable bonds is 4. The molecule has 0 aliphatic rings. The molecular weight excluding hydrogens is 351 g/mol. The van der Waals surface area contributed by atoms with Crippen molar-refractivity contribution in [1.82, 2.24) is 15.5 Å². The summed E-state index contributed by atoms with van der Waals surface area (Å²) in [5.41, 5.74) is -0.974. The first-order chi connectivity index (χ1) is 9.91. The second kappa shape index (κ2) is 6.28. The number of nitrogens with zero attached hydrogens (tertiary/aromatic N) is 2. The van der Waals surface area contributed by atoms with Gasteiger partial charge in [0.25, 0.3) is 0 Å². The molecule has 0 atom stereocenters. The summed E-state index contributed by atoms with van der Waals surface area (Å²) < 4.78 is 44.3. The monoisotopic (exact) mass is 359 g/mol. The SMILES string of the molecule is C#CCNCc1nc(-c2ccc(Br)cc2C(F)(F)F)no1. The highest BCUT2D eigenvalue weighted by molar-refractivity contribution is 9.10. The van der Waals surface area contributed by atoms with Crippen molar-refractivity contribution in [1.29, 1.82) is 0 Å². The molecule has 0 saturated heterocycles. The second-order valence-corrected chi connectivity index (χ2v) is 4.92. The Morgan fingerprint density at radius 2 is 2.14 bits per heavy atom. The van der Waals surface area contributed by atoms with Gasteiger partial charge in [0.05, 0.1) is 18.7 Å². The highest BCUT2D eigenvalue weighted by Crippen LogP contribution is 2.37. The smallest absolute Gasteiger partial charge is 0.338 e. The maximum atomic E-state index is 13.0. The van der Waals surface area contributed by atoms with Crippen LogP contribution in [0.5, 0.6) is 0 Å². The maximum absolute atomic E-state index is 13.0. The fourth-order valence-electron chi connectivity index (χ4n) is 1.62. The minimum atomic E-state index is -4.51. The molecule has 0 unspecified atom stereocenters. The van der Waals surface area contributed by atoms with E-state index in [1.165, 1.54) is 12.1 Å². The first-order valence-corrected chi connectivity index (χ1v) is 6.55. The topological polar surface area (TPSA) is 51.0 Å². The molecule has 1 aromatic heterocycles. The Morgan fingerprint density at radius 1 is 1.38 bits per heavy atom. The van der Waals surface area contributed by atoms with Crippen molar-refractivity contribution in [3.05, 3.63) is 34.1 Å². The molecule has 0 radical (unpaired) electrons. The Balaban J connectivity index is 2.32. The van der Waals surface area contributed by atoms with Gasteiger partial charge in [-0.05, 0) is 18.2 Å². The minimum Gasteiger partial charge on any atom is -0.338 e. The van der Waals surface area contributed by atoms with Crippen LogP contribution in [-0.2, 0) is 12.7 Å². The quantitative estimate of drug-likeness (QED) is 0.672. The third kappa shape index (κ3) is 3.83. The summed E-state index contributed by atoms with van der Waals surface area (Å²) >= 11 is 3.02. The molecule has 2 aromatic rings. The van der Waals surface area contributed by atoms with E-state index in [2.05, 4.69) is 37.3 Å². The van der Waals surface area contributed by atoms with Gasteiger partial charge in [-0.25, -0.2) is 0 Å². The Hall–Kier alpha value is -1.85. The van der Waals surface area contributed by atoms with Crippen molar-refractivity contribution < 1.29 is 17.7 Å². The summed E-state index contributed by atoms with van der Waals surface area (Å²) in [6.07, 6.45) is 0.550. The molecule has 21 heavy (non-hydrogen) atoms. The molecular formula is C13H9BrF3N3O. The minimum absolute atomic E-state index is 0.118. The Kier molecular flexibility index (Phi) is 4.65. The van der Waals surface area contributed by atoms with E-state index >= 15 is 0 Å². The van der Waals surface area contributed by atoms with Crippen LogP contribution in [0, 0.1) is 12.3 Å². The largest absolute Gasteiger partial charge is 0.417 e. The lowest BCUT2D eigenvalue weighted by Crippen LogP contribution is -2.13. The van der Waals surface area contributed by atoms with E-state index in [4.69, 9.17) is 10.9 Å². The predicted octanol–water partition coefficient (Wildman–Crippen LogP) is 3.24. The van der Waals surface area contributed by atoms with Crippen LogP contribution in [0.1, 0.15) is 11.5 Å². The van der Waals surface area contributed by atoms with Gasteiger partial charge in [0, 0.05) is 10.0 Å². The molecule has 0 bridgehead atoms. The lowest BCUT2D eigenvalue weighted by atomic mass is 10.1. The van der Waals surface area contributed by atoms with E-state index in [-0.39, 0.29) is 23.8 Å². The molecule has 0 aliphatic heterocycles. The summed E-state index contributed by atoms with van der Waals surface area (Å²) in [5, 5.41) is 6.38. The van der Waals surface area contributed by atoms with E-state index < -0.39 is 11.7 Å². The normalized spacial score (nSPS) is 11.4. The third-order valence-electron chi connectivity index (χ3n) is 2.50. The molecule has 0 aliphatic carbocycles. The summed E-state index contributed by atoms with van der Waals surface area (Å²) in [7, 11) is 0. The number of nitrogens with one attached hydrogen (secondary N) is 1. The molecule has 110 valence electrons. The fraction of sp³-hybridized carbons (Fsp3) is 0.231. The van der Waals surface area contributed by atoms with Crippen LogP contribution in [0.2, 0.25) is 0 Å². The number of halogens is 4. The van der Waals surface area contributed by atoms with E-state index in [0.29, 0.717) is 11.0 Å². The molecule has 1 N–H and O–H groups in total. The summed E-state index contributed by atoms with van der Waals surface area (Å²) in [6.45, 7) is 0.485. The summed E-state index contributed by atoms with van der Waals surface area (Å²) in [5.74, 6) is 2.40. The molecule has 8 heteroatoms. The molecule has 0 saturated carbocycles. The van der Waals surface area contributed by atoms with Gasteiger partial charge in [-0.1, -0.05) is 27.0 Å². The predicted molar refractivity (Wildman–Crippen MR) is 73.0 cm³/mol. The number of aromatic nitrogens is 2. The summed E-state index contributed by atoms with van der Waals surface area (Å²) in [6, 6.07) is 3.75. The number of terminal acetylenes is 1. The van der Waals surface area contributed by atoms with Crippen molar-refractivity contribution in [2.24, 2.45) is 0 Å². The van der Waals surface area contributed by atoms with Gasteiger partial charge in [0.2, 0.25) is 11.7 Å². The van der Waals surface area contributed by atoms with Crippen molar-refractivity contribution in [2.45, 2.75) is 12.7 Å². The van der Waals surface area contributed by atoms with E-state index in [9.17, 15) is 13.2 Å². The van der Waals surface area contributed by atoms with Crippen molar-refractivity contribution in [2.75, 3.05) is 6.54 Å². The fourth-order valence-corrected chi connectivity index (χ4v) is 1.98. The van der Waals surface area contributed by atoms with Crippen LogP contribution in [-0.4, -0.2) is 16.7 Å². The number of hydrogen-bond acceptors (Lipinski definition) is 4. The van der Waals surface area contributed by atoms with Gasteiger partial charge in [0.1, 0.15) is 0 Å². The lowest BCUT2D eigenvalue weighted by Gasteiger charge is -2.10. The van der Waals surface area contributed by atoms with Gasteiger partial charge >= 0.3 is 6.18 Å². The first-order valence-electron chi connectivity index (χ1n) is 5.75. The Labute approximate surface area is 126 Å². The van der Waals surface area contributed by atoms with E-state index in [0.717, 1.165) is 6.07 Å². The second-order valence-electron chi connectivity index (χ2n) is 4.01. The van der Waals surface area contributed by atoms with E-state index in [1.54, 1.807) is 0 Å². The van der Waals surface area contributed by atoms with Gasteiger partial charge in [-0.15, -0.1) is 6.42 Å². The van der Waals surface area contributed by atoms with Crippen LogP contribution in [0.3, 0.4) is 0 Å². The Bertz CT molecular complexity index is 676. The Morgan fingerprint density at radius 3 is 2.81 bits per heavy atom. The number of hydrogen-bond donors (Lipinski definition) is 1. The number of benzene rings is 1. The van der Waals surface area contributed by atoms with Gasteiger partial charge in [-0.2, -0.15) is 18.2 Å². The van der Waals surface area contributed by atoms with Crippen molar-refractivity contribution >= 4 is 15.9 Å². The highest BCUT2D eigenvalue weighted by Gasteiger charge is 2.35. The zero-order valence-electron chi connectivity index (χ0n) is 10.5. The maximum Gasteiger partial charge on any atom is 0.417 e. The van der Waals surface area contributed by atoms with E-state index in [1.807, 2.05) is 0 Å². The van der Waals surface area contributed by atoms with Crippen LogP contribution in [0.15, 0.2) is 27.2 Å². The van der Waals surface area contributed by atoms with Crippen LogP contribution in [0.4, 0.5) is 13.2 Å². The zero-order valence-corrected chi connectivity index (χ0v) is 12.1. The van der Waals surface area contributed by atoms with Gasteiger partial charge < -0.3 is 4.52 Å². The van der Waals surface area contributed by atoms with Gasteiger partial charge in [-0.3, -0.25) is 5.32 Å². The average Bonchev–Trinajstić information content (AvgIpc) is 2.87. The summed E-state index contributed by atoms with van der Waals surface area (Å²) in [4.78, 5) is 3.93. The highest BCUT2D eigenvalue weighted by atomic mass is 79.9. The molecule has 4 nitrogen and oxygen atoms in total. The number of alkyl halides is 3. The van der Waals surface area contributed by atoms with Crippen molar-refractivity contribution in [3.8, 4) is 23.7 Å². The van der Waals surface area contributed by atoms with Crippen LogP contribution in [0.25, 0.3) is 11.4 Å².